The molecule has 11 heteroatoms. The first-order valence-electron chi connectivity index (χ1n) is 11.6. The second-order valence-electron chi connectivity index (χ2n) is 10.4. The van der Waals surface area contributed by atoms with Gasteiger partial charge in [0.25, 0.3) is 5.91 Å². The summed E-state index contributed by atoms with van der Waals surface area (Å²) < 4.78 is 5.33. The summed E-state index contributed by atoms with van der Waals surface area (Å²) >= 11 is 0. The number of allylic oxidation sites excluding steroid dienone is 1. The van der Waals surface area contributed by atoms with E-state index in [-0.39, 0.29) is 28.9 Å². The second kappa shape index (κ2) is 7.57. The Bertz CT molecular complexity index is 1490. The predicted molar refractivity (Wildman–Crippen MR) is 130 cm³/mol. The minimum absolute atomic E-state index is 0.0597. The van der Waals surface area contributed by atoms with Gasteiger partial charge in [0.05, 0.1) is 22.5 Å². The summed E-state index contributed by atoms with van der Waals surface area (Å²) in [5.41, 5.74) is 5.87. The Hall–Kier alpha value is -3.86. The van der Waals surface area contributed by atoms with E-state index in [0.717, 1.165) is 5.69 Å². The maximum atomic E-state index is 13.9. The van der Waals surface area contributed by atoms with Crippen LogP contribution in [0.15, 0.2) is 32.2 Å². The third kappa shape index (κ3) is 2.89. The maximum Gasteiger partial charge on any atom is 0.417 e. The Morgan fingerprint density at radius 2 is 1.83 bits per heavy atom. The number of primary amides is 1. The number of nitrogens with two attached hydrogens (primary N) is 1. The van der Waals surface area contributed by atoms with Crippen LogP contribution in [0.3, 0.4) is 0 Å². The lowest BCUT2D eigenvalue weighted by Gasteiger charge is -2.52. The van der Waals surface area contributed by atoms with Crippen molar-refractivity contribution in [1.29, 1.82) is 0 Å². The number of nitrogens with zero attached hydrogens (tertiary/aromatic N) is 2. The molecule has 5 rings (SSSR count). The van der Waals surface area contributed by atoms with Gasteiger partial charge >= 0.3 is 5.76 Å². The van der Waals surface area contributed by atoms with Gasteiger partial charge in [-0.25, -0.2) is 4.79 Å². The van der Waals surface area contributed by atoms with Gasteiger partial charge in [-0.05, 0) is 51.4 Å². The number of hydrogen-bond donors (Lipinski definition) is 4. The van der Waals surface area contributed by atoms with Crippen molar-refractivity contribution in [2.45, 2.75) is 25.3 Å². The van der Waals surface area contributed by atoms with Crippen LogP contribution < -0.4 is 16.4 Å². The quantitative estimate of drug-likeness (QED) is 0.358. The summed E-state index contributed by atoms with van der Waals surface area (Å²) in [7, 11) is 7.05. The number of likely N-dealkylation sites (N-methyl/N-ethyl adjacent to an activating group) is 1. The Balaban J connectivity index is 1.77. The van der Waals surface area contributed by atoms with Gasteiger partial charge in [0.15, 0.2) is 17.1 Å². The monoisotopic (exact) mass is 496 g/mol. The van der Waals surface area contributed by atoms with Gasteiger partial charge in [-0.2, -0.15) is 0 Å². The van der Waals surface area contributed by atoms with Crippen LogP contribution in [0.1, 0.15) is 24.5 Å². The molecule has 4 atom stereocenters. The molecule has 0 bridgehead atoms. The van der Waals surface area contributed by atoms with Gasteiger partial charge in [0, 0.05) is 31.3 Å². The molecule has 1 heterocycles. The van der Waals surface area contributed by atoms with Crippen molar-refractivity contribution in [2.24, 2.45) is 23.5 Å². The largest absolute Gasteiger partial charge is 0.509 e. The molecular weight excluding hydrogens is 468 g/mol. The zero-order valence-electron chi connectivity index (χ0n) is 20.6. The van der Waals surface area contributed by atoms with Crippen LogP contribution in [-0.2, 0) is 20.8 Å². The third-order valence-electron chi connectivity index (χ3n) is 8.26. The van der Waals surface area contributed by atoms with Crippen molar-refractivity contribution in [2.75, 3.05) is 33.1 Å². The van der Waals surface area contributed by atoms with Gasteiger partial charge in [0.1, 0.15) is 17.1 Å². The smallest absolute Gasteiger partial charge is 0.417 e. The number of anilines is 1. The van der Waals surface area contributed by atoms with Crippen molar-refractivity contribution in [3.05, 3.63) is 44.6 Å². The van der Waals surface area contributed by atoms with Crippen molar-refractivity contribution in [3.63, 3.8) is 0 Å². The lowest BCUT2D eigenvalue weighted by Crippen LogP contribution is -2.62. The number of Topliss-reactive ketones (excluding diaryl/α,β-unsaturated/α-hetero) is 2. The normalized spacial score (nSPS) is 27.9. The second-order valence-corrected chi connectivity index (χ2v) is 10.4. The molecule has 0 radical (unpaired) electrons. The number of aliphatic hydroxyl groups excluding tert-OH is 2. The first-order chi connectivity index (χ1) is 16.8. The SMILES string of the molecule is CN(C)c1cc2[nH]c(=O)oc2c2c1CC1CC3C(C(=O)C(C(N)=O)=C(O)C3(C)N(C)C)C(=O)C1=C2O. The third-order valence-corrected chi connectivity index (χ3v) is 8.26. The first-order valence-corrected chi connectivity index (χ1v) is 11.6. The molecular formula is C25H28N4O7. The van der Waals surface area contributed by atoms with E-state index in [2.05, 4.69) is 4.98 Å². The number of carbonyl (C=O) groups excluding carboxylic acids is 3. The average molecular weight is 497 g/mol. The first kappa shape index (κ1) is 23.9. The summed E-state index contributed by atoms with van der Waals surface area (Å²) in [5.74, 6) is -6.53. The minimum Gasteiger partial charge on any atom is -0.509 e. The van der Waals surface area contributed by atoms with E-state index in [0.29, 0.717) is 17.5 Å². The van der Waals surface area contributed by atoms with Crippen molar-refractivity contribution in [1.82, 2.24) is 9.88 Å². The molecule has 11 nitrogen and oxygen atoms in total. The van der Waals surface area contributed by atoms with Crippen molar-refractivity contribution in [3.8, 4) is 0 Å². The number of benzene rings is 1. The molecule has 36 heavy (non-hydrogen) atoms. The molecule has 1 fully saturated rings. The number of aromatic nitrogens is 1. The van der Waals surface area contributed by atoms with Crippen LogP contribution in [0.4, 0.5) is 5.69 Å². The number of aliphatic hydroxyl groups is 2. The molecule has 0 saturated heterocycles. The van der Waals surface area contributed by atoms with Gasteiger partial charge < -0.3 is 25.3 Å². The zero-order valence-corrected chi connectivity index (χ0v) is 20.6. The maximum absolute atomic E-state index is 13.9. The fraction of sp³-hybridized carbons (Fsp3) is 0.440. The molecule has 1 saturated carbocycles. The van der Waals surface area contributed by atoms with Gasteiger partial charge in [-0.15, -0.1) is 0 Å². The summed E-state index contributed by atoms with van der Waals surface area (Å²) in [6, 6.07) is 1.76. The van der Waals surface area contributed by atoms with E-state index in [9.17, 15) is 29.4 Å². The molecule has 0 aliphatic heterocycles. The molecule has 1 amide bonds. The number of rotatable bonds is 3. The molecule has 5 N–H and O–H groups in total. The molecule has 2 aromatic rings. The number of hydrogen-bond acceptors (Lipinski definition) is 9. The molecule has 190 valence electrons. The highest BCUT2D eigenvalue weighted by molar-refractivity contribution is 6.28. The van der Waals surface area contributed by atoms with Crippen LogP contribution in [0, 0.1) is 17.8 Å². The van der Waals surface area contributed by atoms with Crippen LogP contribution in [0.2, 0.25) is 0 Å². The van der Waals surface area contributed by atoms with Crippen LogP contribution >= 0.6 is 0 Å². The highest BCUT2D eigenvalue weighted by Gasteiger charge is 2.60. The lowest BCUT2D eigenvalue weighted by molar-refractivity contribution is -0.139. The van der Waals surface area contributed by atoms with Crippen molar-refractivity contribution < 1.29 is 29.0 Å². The van der Waals surface area contributed by atoms with Gasteiger partial charge in [-0.3, -0.25) is 24.3 Å². The van der Waals surface area contributed by atoms with E-state index in [1.165, 1.54) is 0 Å². The Morgan fingerprint density at radius 1 is 1.17 bits per heavy atom. The summed E-state index contributed by atoms with van der Waals surface area (Å²) in [6.07, 6.45) is 0.626. The molecule has 0 spiro atoms. The standard InChI is InChI=1S/C25H28N4O7/c1-25(29(4)5)11-7-9-6-10-13(28(2)3)8-12-21(36-24(35)27-12)15(10)18(30)14(9)19(31)16(11)20(32)17(22(25)33)23(26)34/h8-9,11,16,30,33H,6-7H2,1-5H3,(H2,26,34)(H,27,35). The van der Waals surface area contributed by atoms with E-state index >= 15 is 0 Å². The van der Waals surface area contributed by atoms with E-state index < -0.39 is 57.9 Å². The molecule has 3 aliphatic rings. The molecule has 3 aliphatic carbocycles. The minimum atomic E-state index is -1.31. The number of oxazole rings is 1. The number of aromatic amines is 1. The topological polar surface area (TPSA) is 170 Å². The van der Waals surface area contributed by atoms with Crippen LogP contribution in [0.25, 0.3) is 16.9 Å². The molecule has 1 aromatic heterocycles. The highest BCUT2D eigenvalue weighted by atomic mass is 16.4. The fourth-order valence-corrected chi connectivity index (χ4v) is 6.30. The van der Waals surface area contributed by atoms with Gasteiger partial charge in [-0.1, -0.05) is 0 Å². The average Bonchev–Trinajstić information content (AvgIpc) is 3.15. The number of ketones is 2. The predicted octanol–water partition coefficient (Wildman–Crippen LogP) is 1.03. The fourth-order valence-electron chi connectivity index (χ4n) is 6.30. The lowest BCUT2D eigenvalue weighted by atomic mass is 9.55. The highest BCUT2D eigenvalue weighted by Crippen LogP contribution is 2.54. The molecule has 4 unspecified atom stereocenters. The Morgan fingerprint density at radius 3 is 2.42 bits per heavy atom. The van der Waals surface area contributed by atoms with Crippen LogP contribution in [0.5, 0.6) is 0 Å². The molecule has 1 aromatic carbocycles. The Labute approximate surface area is 205 Å². The van der Waals surface area contributed by atoms with Crippen LogP contribution in [-0.4, -0.2) is 71.3 Å². The number of amides is 1. The van der Waals surface area contributed by atoms with E-state index in [1.807, 2.05) is 19.0 Å². The number of nitrogens with one attached hydrogen (secondary N) is 1. The number of fused-ring (bicyclic) bond motifs is 5. The van der Waals surface area contributed by atoms with E-state index in [4.69, 9.17) is 10.2 Å². The summed E-state index contributed by atoms with van der Waals surface area (Å²) in [4.78, 5) is 57.6. The summed E-state index contributed by atoms with van der Waals surface area (Å²) in [6.45, 7) is 1.68. The number of carbonyl (C=O) groups is 3. The Kier molecular flexibility index (Phi) is 5.02. The van der Waals surface area contributed by atoms with E-state index in [1.54, 1.807) is 32.0 Å². The number of H-pyrrole nitrogens is 1. The van der Waals surface area contributed by atoms with Gasteiger partial charge in [0.2, 0.25) is 0 Å². The summed E-state index contributed by atoms with van der Waals surface area (Å²) in [5, 5.41) is 22.5. The van der Waals surface area contributed by atoms with Crippen molar-refractivity contribution >= 4 is 40.0 Å². The zero-order chi connectivity index (χ0) is 26.4.